The molecule has 0 radical (unpaired) electrons. The van der Waals surface area contributed by atoms with E-state index in [0.717, 1.165) is 42.2 Å². The van der Waals surface area contributed by atoms with Crippen molar-refractivity contribution >= 4 is 16.9 Å². The molecule has 4 rings (SSSR count). The molecule has 0 N–H and O–H groups in total. The molecule has 5 heteroatoms. The second kappa shape index (κ2) is 5.72. The lowest BCUT2D eigenvalue weighted by molar-refractivity contribution is -0.130. The van der Waals surface area contributed by atoms with Crippen LogP contribution in [0.3, 0.4) is 0 Å². The van der Waals surface area contributed by atoms with E-state index >= 15 is 0 Å². The van der Waals surface area contributed by atoms with Crippen LogP contribution in [0.25, 0.3) is 11.0 Å². The third-order valence-corrected chi connectivity index (χ3v) is 4.53. The Kier molecular flexibility index (Phi) is 3.58. The van der Waals surface area contributed by atoms with Crippen LogP contribution in [0, 0.1) is 5.92 Å². The lowest BCUT2D eigenvalue weighted by Gasteiger charge is -2.16. The fraction of sp³-hybridized carbons (Fsp3) is 0.529. The van der Waals surface area contributed by atoms with Crippen LogP contribution in [-0.2, 0) is 16.0 Å². The number of likely N-dealkylation sites (tertiary alicyclic amines) is 1. The van der Waals surface area contributed by atoms with Crippen LogP contribution in [0.2, 0.25) is 0 Å². The molecular formula is C17H20N2O3. The predicted molar refractivity (Wildman–Crippen MR) is 81.4 cm³/mol. The van der Waals surface area contributed by atoms with Crippen molar-refractivity contribution in [3.8, 4) is 0 Å². The Morgan fingerprint density at radius 1 is 1.32 bits per heavy atom. The van der Waals surface area contributed by atoms with Crippen molar-refractivity contribution in [3.63, 3.8) is 0 Å². The smallest absolute Gasteiger partial charge is 0.228 e. The zero-order chi connectivity index (χ0) is 14.9. The Morgan fingerprint density at radius 2 is 2.18 bits per heavy atom. The molecule has 1 aliphatic heterocycles. The zero-order valence-corrected chi connectivity index (χ0v) is 12.5. The summed E-state index contributed by atoms with van der Waals surface area (Å²) in [4.78, 5) is 14.3. The largest absolute Gasteiger partial charge is 0.376 e. The van der Waals surface area contributed by atoms with E-state index in [2.05, 4.69) is 5.16 Å². The molecule has 2 aromatic rings. The Balaban J connectivity index is 1.36. The van der Waals surface area contributed by atoms with Crippen molar-refractivity contribution in [1.82, 2.24) is 10.1 Å². The second-order valence-corrected chi connectivity index (χ2v) is 6.33. The van der Waals surface area contributed by atoms with E-state index in [1.54, 1.807) is 0 Å². The maximum Gasteiger partial charge on any atom is 0.228 e. The van der Waals surface area contributed by atoms with Crippen LogP contribution in [-0.4, -0.2) is 41.8 Å². The monoisotopic (exact) mass is 300 g/mol. The fourth-order valence-electron chi connectivity index (χ4n) is 2.97. The maximum absolute atomic E-state index is 12.4. The summed E-state index contributed by atoms with van der Waals surface area (Å²) in [5.41, 5.74) is 1.46. The van der Waals surface area contributed by atoms with Crippen LogP contribution in [0.5, 0.6) is 0 Å². The SMILES string of the molecule is O=C(Cc1noc2ccccc12)N1CCC(OCC2CC2)C1. The highest BCUT2D eigenvalue weighted by molar-refractivity contribution is 5.86. The van der Waals surface area contributed by atoms with Crippen molar-refractivity contribution in [2.24, 2.45) is 5.92 Å². The van der Waals surface area contributed by atoms with Crippen LogP contribution in [0.4, 0.5) is 0 Å². The number of hydrogen-bond donors (Lipinski definition) is 0. The lowest BCUT2D eigenvalue weighted by Crippen LogP contribution is -2.31. The molecule has 1 saturated carbocycles. The van der Waals surface area contributed by atoms with Gasteiger partial charge in [-0.2, -0.15) is 0 Å². The topological polar surface area (TPSA) is 55.6 Å². The number of ether oxygens (including phenoxy) is 1. The predicted octanol–water partition coefficient (Wildman–Crippen LogP) is 2.40. The van der Waals surface area contributed by atoms with E-state index in [-0.39, 0.29) is 12.0 Å². The molecule has 5 nitrogen and oxygen atoms in total. The van der Waals surface area contributed by atoms with Gasteiger partial charge < -0.3 is 14.2 Å². The number of carbonyl (C=O) groups is 1. The van der Waals surface area contributed by atoms with E-state index in [4.69, 9.17) is 9.26 Å². The van der Waals surface area contributed by atoms with Gasteiger partial charge in [-0.15, -0.1) is 0 Å². The minimum atomic E-state index is 0.108. The average Bonchev–Trinajstić information content (AvgIpc) is 3.10. The van der Waals surface area contributed by atoms with E-state index in [0.29, 0.717) is 13.0 Å². The minimum absolute atomic E-state index is 0.108. The molecule has 1 aliphatic carbocycles. The number of fused-ring (bicyclic) bond motifs is 1. The van der Waals surface area contributed by atoms with Gasteiger partial charge >= 0.3 is 0 Å². The average molecular weight is 300 g/mol. The highest BCUT2D eigenvalue weighted by atomic mass is 16.5. The molecule has 1 aromatic heterocycles. The third-order valence-electron chi connectivity index (χ3n) is 4.53. The van der Waals surface area contributed by atoms with Crippen molar-refractivity contribution in [1.29, 1.82) is 0 Å². The van der Waals surface area contributed by atoms with Crippen molar-refractivity contribution in [2.75, 3.05) is 19.7 Å². The summed E-state index contributed by atoms with van der Waals surface area (Å²) in [6, 6.07) is 7.65. The van der Waals surface area contributed by atoms with Gasteiger partial charge in [0.05, 0.1) is 12.5 Å². The van der Waals surface area contributed by atoms with Gasteiger partial charge in [-0.25, -0.2) is 0 Å². The minimum Gasteiger partial charge on any atom is -0.376 e. The number of amides is 1. The van der Waals surface area contributed by atoms with Gasteiger partial charge in [-0.05, 0) is 37.3 Å². The number of carbonyl (C=O) groups excluding carboxylic acids is 1. The Bertz CT molecular complexity index is 677. The molecule has 1 saturated heterocycles. The number of rotatable bonds is 5. The summed E-state index contributed by atoms with van der Waals surface area (Å²) in [7, 11) is 0. The van der Waals surface area contributed by atoms with Gasteiger partial charge in [-0.1, -0.05) is 17.3 Å². The summed E-state index contributed by atoms with van der Waals surface area (Å²) in [5, 5.41) is 4.97. The Morgan fingerprint density at radius 3 is 3.05 bits per heavy atom. The standard InChI is InChI=1S/C17H20N2O3/c20-17(9-15-14-3-1-2-4-16(14)22-18-15)19-8-7-13(10-19)21-11-12-5-6-12/h1-4,12-13H,5-11H2. The van der Waals surface area contributed by atoms with Gasteiger partial charge in [0, 0.05) is 25.1 Å². The van der Waals surface area contributed by atoms with Crippen LogP contribution in [0.15, 0.2) is 28.8 Å². The molecular weight excluding hydrogens is 280 g/mol. The molecule has 22 heavy (non-hydrogen) atoms. The molecule has 2 aliphatic rings. The van der Waals surface area contributed by atoms with Crippen molar-refractivity contribution in [3.05, 3.63) is 30.0 Å². The van der Waals surface area contributed by atoms with E-state index < -0.39 is 0 Å². The highest BCUT2D eigenvalue weighted by Crippen LogP contribution is 2.30. The quantitative estimate of drug-likeness (QED) is 0.851. The molecule has 1 aromatic carbocycles. The molecule has 1 atom stereocenters. The van der Waals surface area contributed by atoms with Gasteiger partial charge in [0.2, 0.25) is 5.91 Å². The summed E-state index contributed by atoms with van der Waals surface area (Å²) in [6.07, 6.45) is 4.05. The van der Waals surface area contributed by atoms with Crippen molar-refractivity contribution in [2.45, 2.75) is 31.8 Å². The maximum atomic E-state index is 12.4. The van der Waals surface area contributed by atoms with Gasteiger partial charge in [-0.3, -0.25) is 4.79 Å². The normalized spacial score (nSPS) is 21.6. The highest BCUT2D eigenvalue weighted by Gasteiger charge is 2.30. The first kappa shape index (κ1) is 13.8. The molecule has 0 spiro atoms. The zero-order valence-electron chi connectivity index (χ0n) is 12.5. The first-order valence-corrected chi connectivity index (χ1v) is 8.02. The van der Waals surface area contributed by atoms with Gasteiger partial charge in [0.15, 0.2) is 5.58 Å². The Hall–Kier alpha value is -1.88. The van der Waals surface area contributed by atoms with E-state index in [1.807, 2.05) is 29.2 Å². The first-order chi connectivity index (χ1) is 10.8. The molecule has 1 amide bonds. The van der Waals surface area contributed by atoms with Gasteiger partial charge in [0.25, 0.3) is 0 Å². The van der Waals surface area contributed by atoms with Crippen molar-refractivity contribution < 1.29 is 14.1 Å². The second-order valence-electron chi connectivity index (χ2n) is 6.33. The molecule has 2 heterocycles. The molecule has 116 valence electrons. The summed E-state index contributed by atoms with van der Waals surface area (Å²) in [6.45, 7) is 2.35. The number of aromatic nitrogens is 1. The van der Waals surface area contributed by atoms with Gasteiger partial charge in [0.1, 0.15) is 5.69 Å². The molecule has 2 fully saturated rings. The first-order valence-electron chi connectivity index (χ1n) is 8.02. The number of benzene rings is 1. The summed E-state index contributed by atoms with van der Waals surface area (Å²) >= 11 is 0. The third kappa shape index (κ3) is 2.86. The fourth-order valence-corrected chi connectivity index (χ4v) is 2.97. The van der Waals surface area contributed by atoms with Crippen LogP contribution in [0.1, 0.15) is 25.0 Å². The number of nitrogens with zero attached hydrogens (tertiary/aromatic N) is 2. The molecule has 0 bridgehead atoms. The number of para-hydroxylation sites is 1. The summed E-state index contributed by atoms with van der Waals surface area (Å²) in [5.74, 6) is 0.878. The van der Waals surface area contributed by atoms with Crippen LogP contribution < -0.4 is 0 Å². The number of hydrogen-bond acceptors (Lipinski definition) is 4. The van der Waals surface area contributed by atoms with E-state index in [1.165, 1.54) is 12.8 Å². The molecule has 1 unspecified atom stereocenters. The lowest BCUT2D eigenvalue weighted by atomic mass is 10.1. The van der Waals surface area contributed by atoms with Crippen LogP contribution >= 0.6 is 0 Å². The van der Waals surface area contributed by atoms with E-state index in [9.17, 15) is 4.79 Å². The Labute approximate surface area is 129 Å². The summed E-state index contributed by atoms with van der Waals surface area (Å²) < 4.78 is 11.1.